The van der Waals surface area contributed by atoms with Crippen LogP contribution in [0.15, 0.2) is 0 Å². The van der Waals surface area contributed by atoms with Crippen molar-refractivity contribution >= 4 is 5.91 Å². The third-order valence-corrected chi connectivity index (χ3v) is 3.67. The lowest BCUT2D eigenvalue weighted by molar-refractivity contribution is -0.131. The summed E-state index contributed by atoms with van der Waals surface area (Å²) in [4.78, 5) is 16.0. The van der Waals surface area contributed by atoms with Crippen LogP contribution in [-0.2, 0) is 4.79 Å². The molecule has 1 aliphatic rings. The zero-order valence-corrected chi connectivity index (χ0v) is 11.3. The zero-order chi connectivity index (χ0) is 12.7. The fraction of sp³-hybridized carbons (Fsp3) is 0.923. The molecule has 0 heterocycles. The van der Waals surface area contributed by atoms with Crippen LogP contribution in [0.1, 0.15) is 32.6 Å². The molecule has 0 saturated heterocycles. The number of amides is 1. The van der Waals surface area contributed by atoms with Crippen molar-refractivity contribution in [2.75, 3.05) is 39.8 Å². The standard InChI is InChI=1S/C13H27N3O/c1-3-16(10-12-6-4-7-12)11-13(17)15(2)9-5-8-14/h12H,3-11,14H2,1-2H3. The highest BCUT2D eigenvalue weighted by Crippen LogP contribution is 2.26. The van der Waals surface area contributed by atoms with Gasteiger partial charge in [-0.2, -0.15) is 0 Å². The Labute approximate surface area is 105 Å². The molecule has 0 atom stereocenters. The average Bonchev–Trinajstić information content (AvgIpc) is 2.28. The van der Waals surface area contributed by atoms with Crippen LogP contribution in [-0.4, -0.2) is 55.5 Å². The molecule has 1 rings (SSSR count). The van der Waals surface area contributed by atoms with Gasteiger partial charge in [-0.25, -0.2) is 0 Å². The third kappa shape index (κ3) is 5.04. The normalized spacial score (nSPS) is 16.0. The molecular formula is C13H27N3O. The van der Waals surface area contributed by atoms with Crippen LogP contribution < -0.4 is 5.73 Å². The Morgan fingerprint density at radius 1 is 1.41 bits per heavy atom. The van der Waals surface area contributed by atoms with Gasteiger partial charge in [0.2, 0.25) is 5.91 Å². The second-order valence-corrected chi connectivity index (χ2v) is 5.08. The van der Waals surface area contributed by atoms with E-state index in [1.165, 1.54) is 19.3 Å². The van der Waals surface area contributed by atoms with Crippen molar-refractivity contribution in [2.45, 2.75) is 32.6 Å². The van der Waals surface area contributed by atoms with Gasteiger partial charge in [0, 0.05) is 20.1 Å². The lowest BCUT2D eigenvalue weighted by Crippen LogP contribution is -2.41. The predicted molar refractivity (Wildman–Crippen MR) is 70.8 cm³/mol. The van der Waals surface area contributed by atoms with Crippen molar-refractivity contribution < 1.29 is 4.79 Å². The number of nitrogens with zero attached hydrogens (tertiary/aromatic N) is 2. The molecule has 0 aromatic carbocycles. The molecule has 1 saturated carbocycles. The second-order valence-electron chi connectivity index (χ2n) is 5.08. The van der Waals surface area contributed by atoms with E-state index in [2.05, 4.69) is 11.8 Å². The molecule has 4 nitrogen and oxygen atoms in total. The van der Waals surface area contributed by atoms with E-state index in [0.29, 0.717) is 13.1 Å². The Kier molecular flexibility index (Phi) is 6.52. The summed E-state index contributed by atoms with van der Waals surface area (Å²) in [5.74, 6) is 1.05. The highest BCUT2D eigenvalue weighted by molar-refractivity contribution is 5.77. The molecule has 1 fully saturated rings. The maximum Gasteiger partial charge on any atom is 0.236 e. The van der Waals surface area contributed by atoms with E-state index in [4.69, 9.17) is 5.73 Å². The van der Waals surface area contributed by atoms with Crippen molar-refractivity contribution in [3.05, 3.63) is 0 Å². The molecule has 1 amide bonds. The maximum atomic E-state index is 11.9. The quantitative estimate of drug-likeness (QED) is 0.687. The minimum atomic E-state index is 0.222. The smallest absolute Gasteiger partial charge is 0.236 e. The van der Waals surface area contributed by atoms with Crippen LogP contribution in [0, 0.1) is 5.92 Å². The molecule has 100 valence electrons. The van der Waals surface area contributed by atoms with Crippen LogP contribution in [0.3, 0.4) is 0 Å². The first-order chi connectivity index (χ1) is 8.17. The molecule has 0 bridgehead atoms. The van der Waals surface area contributed by atoms with E-state index in [9.17, 15) is 4.79 Å². The first-order valence-corrected chi connectivity index (χ1v) is 6.83. The number of rotatable bonds is 8. The van der Waals surface area contributed by atoms with E-state index in [1.54, 1.807) is 4.90 Å². The Bertz CT molecular complexity index is 229. The van der Waals surface area contributed by atoms with Crippen LogP contribution in [0.5, 0.6) is 0 Å². The Morgan fingerprint density at radius 2 is 2.12 bits per heavy atom. The van der Waals surface area contributed by atoms with Gasteiger partial charge in [-0.15, -0.1) is 0 Å². The van der Waals surface area contributed by atoms with Gasteiger partial charge >= 0.3 is 0 Å². The minimum Gasteiger partial charge on any atom is -0.345 e. The molecule has 0 radical (unpaired) electrons. The van der Waals surface area contributed by atoms with Gasteiger partial charge in [-0.1, -0.05) is 13.3 Å². The summed E-state index contributed by atoms with van der Waals surface area (Å²) in [5, 5.41) is 0. The third-order valence-electron chi connectivity index (χ3n) is 3.67. The fourth-order valence-electron chi connectivity index (χ4n) is 2.11. The summed E-state index contributed by atoms with van der Waals surface area (Å²) in [6, 6.07) is 0. The number of nitrogens with two attached hydrogens (primary N) is 1. The van der Waals surface area contributed by atoms with Gasteiger partial charge < -0.3 is 10.6 Å². The first kappa shape index (κ1) is 14.5. The zero-order valence-electron chi connectivity index (χ0n) is 11.3. The predicted octanol–water partition coefficient (Wildman–Crippen LogP) is 0.916. The average molecular weight is 241 g/mol. The molecule has 0 aromatic rings. The number of likely N-dealkylation sites (N-methyl/N-ethyl adjacent to an activating group) is 2. The Morgan fingerprint density at radius 3 is 2.59 bits per heavy atom. The molecule has 17 heavy (non-hydrogen) atoms. The largest absolute Gasteiger partial charge is 0.345 e. The fourth-order valence-corrected chi connectivity index (χ4v) is 2.11. The molecule has 0 unspecified atom stereocenters. The summed E-state index contributed by atoms with van der Waals surface area (Å²) in [6.07, 6.45) is 4.94. The van der Waals surface area contributed by atoms with E-state index in [0.717, 1.165) is 32.0 Å². The Hall–Kier alpha value is -0.610. The first-order valence-electron chi connectivity index (χ1n) is 6.83. The van der Waals surface area contributed by atoms with E-state index in [-0.39, 0.29) is 5.91 Å². The lowest BCUT2D eigenvalue weighted by Gasteiger charge is -2.32. The highest BCUT2D eigenvalue weighted by Gasteiger charge is 2.21. The van der Waals surface area contributed by atoms with Crippen LogP contribution >= 0.6 is 0 Å². The monoisotopic (exact) mass is 241 g/mol. The summed E-state index contributed by atoms with van der Waals surface area (Å²) in [6.45, 7) is 6.17. The maximum absolute atomic E-state index is 11.9. The van der Waals surface area contributed by atoms with Gasteiger partial charge in [-0.05, 0) is 38.3 Å². The van der Waals surface area contributed by atoms with Crippen molar-refractivity contribution in [1.82, 2.24) is 9.80 Å². The molecule has 4 heteroatoms. The molecule has 0 aromatic heterocycles. The van der Waals surface area contributed by atoms with Crippen molar-refractivity contribution in [3.8, 4) is 0 Å². The van der Waals surface area contributed by atoms with Crippen LogP contribution in [0.25, 0.3) is 0 Å². The van der Waals surface area contributed by atoms with E-state index in [1.807, 2.05) is 7.05 Å². The molecule has 0 spiro atoms. The van der Waals surface area contributed by atoms with Gasteiger partial charge in [-0.3, -0.25) is 9.69 Å². The number of carbonyl (C=O) groups excluding carboxylic acids is 1. The molecule has 2 N–H and O–H groups in total. The number of hydrogen-bond acceptors (Lipinski definition) is 3. The van der Waals surface area contributed by atoms with Crippen LogP contribution in [0.2, 0.25) is 0 Å². The molecule has 1 aliphatic carbocycles. The number of hydrogen-bond donors (Lipinski definition) is 1. The minimum absolute atomic E-state index is 0.222. The van der Waals surface area contributed by atoms with Gasteiger partial charge in [0.05, 0.1) is 6.54 Å². The van der Waals surface area contributed by atoms with E-state index < -0.39 is 0 Å². The van der Waals surface area contributed by atoms with Crippen molar-refractivity contribution in [3.63, 3.8) is 0 Å². The van der Waals surface area contributed by atoms with Gasteiger partial charge in [0.15, 0.2) is 0 Å². The SMILES string of the molecule is CCN(CC(=O)N(C)CCCN)CC1CCC1. The second kappa shape index (κ2) is 7.67. The van der Waals surface area contributed by atoms with E-state index >= 15 is 0 Å². The summed E-state index contributed by atoms with van der Waals surface area (Å²) in [5.41, 5.74) is 5.45. The van der Waals surface area contributed by atoms with Gasteiger partial charge in [0.25, 0.3) is 0 Å². The summed E-state index contributed by atoms with van der Waals surface area (Å²) >= 11 is 0. The topological polar surface area (TPSA) is 49.6 Å². The lowest BCUT2D eigenvalue weighted by atomic mass is 9.85. The van der Waals surface area contributed by atoms with Crippen LogP contribution in [0.4, 0.5) is 0 Å². The number of carbonyl (C=O) groups is 1. The molecular weight excluding hydrogens is 214 g/mol. The summed E-state index contributed by atoms with van der Waals surface area (Å²) in [7, 11) is 1.87. The summed E-state index contributed by atoms with van der Waals surface area (Å²) < 4.78 is 0. The Balaban J connectivity index is 2.25. The van der Waals surface area contributed by atoms with Crippen molar-refractivity contribution in [2.24, 2.45) is 11.7 Å². The molecule has 0 aliphatic heterocycles. The van der Waals surface area contributed by atoms with Gasteiger partial charge in [0.1, 0.15) is 0 Å². The van der Waals surface area contributed by atoms with Crippen molar-refractivity contribution in [1.29, 1.82) is 0 Å². The highest BCUT2D eigenvalue weighted by atomic mass is 16.2.